The minimum atomic E-state index is -3.20. The van der Waals surface area contributed by atoms with Gasteiger partial charge < -0.3 is 10.8 Å². The summed E-state index contributed by atoms with van der Waals surface area (Å²) in [5.74, 6) is -7.70. The molecule has 5 N–H and O–H groups in total. The molecule has 4 aromatic rings. The third kappa shape index (κ3) is 6.27. The van der Waals surface area contributed by atoms with E-state index < -0.39 is 77.1 Å². The summed E-state index contributed by atoms with van der Waals surface area (Å²) in [6.45, 7) is 3.40. The van der Waals surface area contributed by atoms with Gasteiger partial charge in [0, 0.05) is 50.0 Å². The molecule has 10 nitrogen and oxygen atoms in total. The average Bonchev–Trinajstić information content (AvgIpc) is 4.08. The summed E-state index contributed by atoms with van der Waals surface area (Å²) in [7, 11) is 0. The number of aliphatic hydroxyl groups is 1. The summed E-state index contributed by atoms with van der Waals surface area (Å²) in [6.07, 6.45) is 0.367. The van der Waals surface area contributed by atoms with Crippen LogP contribution in [0.3, 0.4) is 0 Å². The first-order chi connectivity index (χ1) is 27.4. The van der Waals surface area contributed by atoms with E-state index in [0.717, 1.165) is 30.6 Å². The molecule has 0 bridgehead atoms. The van der Waals surface area contributed by atoms with Crippen molar-refractivity contribution >= 4 is 46.0 Å². The van der Waals surface area contributed by atoms with Gasteiger partial charge in [-0.25, -0.2) is 35.9 Å². The van der Waals surface area contributed by atoms with Crippen LogP contribution in [-0.2, 0) is 12.8 Å². The molecule has 0 aromatic carbocycles. The molecular weight excluding hydrogens is 809 g/mol. The fourth-order valence-corrected chi connectivity index (χ4v) is 11.9. The highest BCUT2D eigenvalue weighted by Gasteiger charge is 2.46. The topological polar surface area (TPSA) is 156 Å². The first kappa shape index (κ1) is 39.2. The third-order valence-corrected chi connectivity index (χ3v) is 14.9. The van der Waals surface area contributed by atoms with Gasteiger partial charge in [-0.15, -0.1) is 22.7 Å². The lowest BCUT2D eigenvalue weighted by molar-refractivity contribution is -0.121. The van der Waals surface area contributed by atoms with E-state index in [4.69, 9.17) is 5.73 Å². The number of rotatable bonds is 4. The molecule has 6 atom stereocenters. The fraction of sp³-hybridized carbons (Fsp3) is 0.500. The number of thiophene rings is 2. The van der Waals surface area contributed by atoms with Crippen molar-refractivity contribution in [3.05, 3.63) is 106 Å². The number of aryl methyl sites for hydroxylation is 2. The predicted molar refractivity (Wildman–Crippen MR) is 207 cm³/mol. The Balaban J connectivity index is 0.000000150. The van der Waals surface area contributed by atoms with Crippen molar-refractivity contribution < 1.29 is 31.4 Å². The quantitative estimate of drug-likeness (QED) is 0.232. The van der Waals surface area contributed by atoms with Crippen LogP contribution in [0.2, 0.25) is 0 Å². The molecule has 18 heteroatoms. The van der Waals surface area contributed by atoms with E-state index in [0.29, 0.717) is 42.0 Å². The largest absolute Gasteiger partial charge is 0.382 e. The first-order valence-corrected chi connectivity index (χ1v) is 20.9. The van der Waals surface area contributed by atoms with Crippen molar-refractivity contribution in [2.45, 2.75) is 125 Å². The molecule has 10 rings (SSSR count). The minimum absolute atomic E-state index is 0.00286. The molecular formula is C40H39F6N5O5S2. The van der Waals surface area contributed by atoms with Crippen LogP contribution in [0.1, 0.15) is 119 Å². The molecule has 4 aromatic heterocycles. The van der Waals surface area contributed by atoms with Gasteiger partial charge in [0.2, 0.25) is 0 Å². The van der Waals surface area contributed by atoms with Crippen molar-refractivity contribution in [2.24, 2.45) is 5.73 Å². The summed E-state index contributed by atoms with van der Waals surface area (Å²) in [4.78, 5) is 56.5. The summed E-state index contributed by atoms with van der Waals surface area (Å²) >= 11 is 2.52. The van der Waals surface area contributed by atoms with E-state index >= 15 is 8.78 Å². The van der Waals surface area contributed by atoms with Gasteiger partial charge in [-0.2, -0.15) is 0 Å². The third-order valence-electron chi connectivity index (χ3n) is 12.3. The van der Waals surface area contributed by atoms with Crippen molar-refractivity contribution in [1.82, 2.24) is 19.1 Å². The average molecular weight is 848 g/mol. The molecule has 6 aliphatic rings. The monoisotopic (exact) mass is 847 g/mol. The number of alkyl halides is 6. The number of hydrogen-bond acceptors (Lipinski definition) is 8. The molecule has 0 radical (unpaired) electrons. The number of nitrogens with two attached hydrogens (primary N) is 1. The van der Waals surface area contributed by atoms with E-state index in [1.807, 2.05) is 0 Å². The highest BCUT2D eigenvalue weighted by atomic mass is 32.1. The summed E-state index contributed by atoms with van der Waals surface area (Å²) in [5, 5.41) is 11.2. The number of hydrogen-bond donors (Lipinski definition) is 4. The minimum Gasteiger partial charge on any atom is -0.382 e. The SMILES string of the molecule is CC1=c2c(c(=O)[nH]c(=O)n2C2CC2)=CC(F)C1c1cc2c(s1)CCC(F)(F)C2N.CC1=c2c(c(=O)[nH]c(=O)n2C2CC2)=CC(F)C1c1cc2c(s1)CCC(F)(F)C2O. The molecule has 2 fully saturated rings. The van der Waals surface area contributed by atoms with Crippen LogP contribution in [0, 0.1) is 0 Å². The number of H-pyrrole nitrogens is 2. The van der Waals surface area contributed by atoms with Crippen LogP contribution in [0.15, 0.2) is 31.3 Å². The van der Waals surface area contributed by atoms with Gasteiger partial charge in [-0.1, -0.05) is 0 Å². The highest BCUT2D eigenvalue weighted by Crippen LogP contribution is 2.49. The zero-order chi connectivity index (χ0) is 41.3. The fourth-order valence-electron chi connectivity index (χ4n) is 9.06. The van der Waals surface area contributed by atoms with Crippen molar-refractivity contribution in [3.63, 3.8) is 0 Å². The normalized spacial score (nSPS) is 27.9. The number of aliphatic hydroxyl groups excluding tert-OH is 1. The lowest BCUT2D eigenvalue weighted by Gasteiger charge is -2.28. The molecule has 0 aliphatic heterocycles. The standard InChI is InChI=1S/C20H20F3N3O2S.C20H19F3N2O3S/c1-8-15(14-7-10-13(29-14)4-5-20(22,23)17(10)24)12(21)6-11-16(8)26(9-2-3-9)19(28)25-18(11)27;1-8-15(14-7-10-13(29-14)4-5-20(22,23)17(10)26)12(21)6-11-16(8)25(9-2-3-9)19(28)24-18(11)27/h6-7,9,12,15,17H,2-5,24H2,1H3,(H,25,27,28);6-7,9,12,15,17,26H,2-5H2,1H3,(H,24,27,28). The second-order valence-corrected chi connectivity index (χ2v) is 18.6. The van der Waals surface area contributed by atoms with Crippen molar-refractivity contribution in [3.8, 4) is 0 Å². The van der Waals surface area contributed by atoms with E-state index in [-0.39, 0.29) is 47.3 Å². The maximum Gasteiger partial charge on any atom is 0.329 e. The van der Waals surface area contributed by atoms with Gasteiger partial charge in [-0.05, 0) is 93.4 Å². The van der Waals surface area contributed by atoms with Crippen LogP contribution in [0.25, 0.3) is 23.3 Å². The van der Waals surface area contributed by atoms with Gasteiger partial charge in [0.15, 0.2) is 0 Å². The van der Waals surface area contributed by atoms with Crippen LogP contribution in [0.4, 0.5) is 26.3 Å². The molecule has 58 heavy (non-hydrogen) atoms. The number of aromatic amines is 2. The van der Waals surface area contributed by atoms with Gasteiger partial charge in [0.25, 0.3) is 23.0 Å². The zero-order valence-electron chi connectivity index (χ0n) is 31.2. The first-order valence-electron chi connectivity index (χ1n) is 19.2. The van der Waals surface area contributed by atoms with E-state index in [1.165, 1.54) is 45.5 Å². The van der Waals surface area contributed by atoms with E-state index in [9.17, 15) is 41.8 Å². The Kier molecular flexibility index (Phi) is 9.22. The van der Waals surface area contributed by atoms with Gasteiger partial charge >= 0.3 is 11.4 Å². The Morgan fingerprint density at radius 2 is 1.12 bits per heavy atom. The maximum atomic E-state index is 15.2. The molecule has 6 aliphatic carbocycles. The summed E-state index contributed by atoms with van der Waals surface area (Å²) in [5.41, 5.74) is 5.18. The number of nitrogens with zero attached hydrogens (tertiary/aromatic N) is 2. The Bertz CT molecular complexity index is 2710. The Morgan fingerprint density at radius 3 is 1.57 bits per heavy atom. The number of aromatic nitrogens is 4. The lowest BCUT2D eigenvalue weighted by atomic mass is 9.86. The summed E-state index contributed by atoms with van der Waals surface area (Å²) < 4.78 is 89.4. The molecule has 0 saturated heterocycles. The zero-order valence-corrected chi connectivity index (χ0v) is 32.9. The maximum absolute atomic E-state index is 15.2. The highest BCUT2D eigenvalue weighted by molar-refractivity contribution is 7.12. The van der Waals surface area contributed by atoms with Crippen LogP contribution in [0.5, 0.6) is 0 Å². The number of nitrogens with one attached hydrogen (secondary N) is 2. The van der Waals surface area contributed by atoms with E-state index in [1.54, 1.807) is 24.5 Å². The number of fused-ring (bicyclic) bond motifs is 4. The van der Waals surface area contributed by atoms with Crippen LogP contribution in [-0.4, -0.2) is 48.4 Å². The lowest BCUT2D eigenvalue weighted by Crippen LogP contribution is -2.57. The molecule has 308 valence electrons. The summed E-state index contributed by atoms with van der Waals surface area (Å²) in [6, 6.07) is 1.62. The number of halogens is 6. The smallest absolute Gasteiger partial charge is 0.329 e. The second kappa shape index (κ2) is 13.6. The van der Waals surface area contributed by atoms with Crippen LogP contribution < -0.4 is 49.4 Å². The molecule has 2 saturated carbocycles. The Morgan fingerprint density at radius 1 is 0.707 bits per heavy atom. The molecule has 4 heterocycles. The predicted octanol–water partition coefficient (Wildman–Crippen LogP) is 3.24. The van der Waals surface area contributed by atoms with Crippen LogP contribution >= 0.6 is 22.7 Å². The Labute approximate surface area is 332 Å². The van der Waals surface area contributed by atoms with Gasteiger partial charge in [0.05, 0.1) is 39.0 Å². The van der Waals surface area contributed by atoms with Crippen molar-refractivity contribution in [1.29, 1.82) is 0 Å². The van der Waals surface area contributed by atoms with Gasteiger partial charge in [-0.3, -0.25) is 28.7 Å². The molecule has 0 spiro atoms. The molecule has 6 unspecified atom stereocenters. The Hall–Kier alpha value is -4.26. The van der Waals surface area contributed by atoms with E-state index in [2.05, 4.69) is 9.97 Å². The molecule has 0 amide bonds. The van der Waals surface area contributed by atoms with Crippen molar-refractivity contribution in [2.75, 3.05) is 0 Å². The second-order valence-electron chi connectivity index (χ2n) is 16.2. The van der Waals surface area contributed by atoms with Gasteiger partial charge in [0.1, 0.15) is 18.4 Å².